The van der Waals surface area contributed by atoms with Crippen LogP contribution in [0.25, 0.3) is 5.69 Å². The zero-order chi connectivity index (χ0) is 23.9. The second-order valence-electron chi connectivity index (χ2n) is 9.04. The summed E-state index contributed by atoms with van der Waals surface area (Å²) >= 11 is 0. The van der Waals surface area contributed by atoms with Crippen LogP contribution in [0.3, 0.4) is 0 Å². The number of rotatable bonds is 8. The van der Waals surface area contributed by atoms with Crippen LogP contribution in [-0.4, -0.2) is 48.8 Å². The molecule has 2 amide bonds. The lowest BCUT2D eigenvalue weighted by Gasteiger charge is -2.28. The van der Waals surface area contributed by atoms with Gasteiger partial charge in [0.05, 0.1) is 12.8 Å². The van der Waals surface area contributed by atoms with Crippen LogP contribution in [0.4, 0.5) is 5.69 Å². The largest absolute Gasteiger partial charge is 0.497 e. The summed E-state index contributed by atoms with van der Waals surface area (Å²) in [6, 6.07) is 15.5. The van der Waals surface area contributed by atoms with Crippen molar-refractivity contribution >= 4 is 17.5 Å². The molecule has 8 heteroatoms. The van der Waals surface area contributed by atoms with Crippen molar-refractivity contribution in [2.45, 2.75) is 31.1 Å². The SMILES string of the molecule is CNCCC1(c2ccc(N3CCc4c(C(N)=O)nn(-c5ccc(OC)cc5)c4C3=O)cc2)CC1. The Bertz CT molecular complexity index is 1230. The van der Waals surface area contributed by atoms with E-state index in [4.69, 9.17) is 10.5 Å². The molecule has 1 aromatic heterocycles. The molecule has 1 fully saturated rings. The molecule has 3 aromatic rings. The van der Waals surface area contributed by atoms with Gasteiger partial charge in [-0.25, -0.2) is 4.68 Å². The summed E-state index contributed by atoms with van der Waals surface area (Å²) in [5, 5.41) is 7.67. The monoisotopic (exact) mass is 459 g/mol. The van der Waals surface area contributed by atoms with E-state index in [-0.39, 0.29) is 17.0 Å². The molecule has 0 unspecified atom stereocenters. The molecular formula is C26H29N5O3. The molecule has 0 bridgehead atoms. The van der Waals surface area contributed by atoms with Gasteiger partial charge in [0.2, 0.25) is 0 Å². The lowest BCUT2D eigenvalue weighted by molar-refractivity contribution is 0.0972. The second kappa shape index (κ2) is 8.61. The van der Waals surface area contributed by atoms with Crippen LogP contribution in [0, 0.1) is 0 Å². The van der Waals surface area contributed by atoms with Crippen LogP contribution in [0.2, 0.25) is 0 Å². The summed E-state index contributed by atoms with van der Waals surface area (Å²) in [5.74, 6) is -0.136. The fraction of sp³-hybridized carbons (Fsp3) is 0.346. The fourth-order valence-electron chi connectivity index (χ4n) is 4.91. The van der Waals surface area contributed by atoms with Gasteiger partial charge in [-0.2, -0.15) is 5.10 Å². The number of methoxy groups -OCH3 is 1. The maximum Gasteiger partial charge on any atom is 0.277 e. The Kier molecular flexibility index (Phi) is 5.61. The molecule has 2 aliphatic rings. The number of fused-ring (bicyclic) bond motifs is 1. The van der Waals surface area contributed by atoms with Gasteiger partial charge in [-0.1, -0.05) is 12.1 Å². The number of nitrogens with one attached hydrogen (secondary N) is 1. The highest BCUT2D eigenvalue weighted by Crippen LogP contribution is 2.51. The Morgan fingerprint density at radius 1 is 1.12 bits per heavy atom. The van der Waals surface area contributed by atoms with Gasteiger partial charge in [-0.15, -0.1) is 0 Å². The highest BCUT2D eigenvalue weighted by molar-refractivity contribution is 6.09. The van der Waals surface area contributed by atoms with Crippen LogP contribution < -0.4 is 20.7 Å². The Morgan fingerprint density at radius 3 is 2.38 bits per heavy atom. The average molecular weight is 460 g/mol. The first-order chi connectivity index (χ1) is 16.5. The van der Waals surface area contributed by atoms with E-state index in [0.29, 0.717) is 35.7 Å². The third-order valence-electron chi connectivity index (χ3n) is 7.07. The number of ether oxygens (including phenoxy) is 1. The molecule has 1 saturated carbocycles. The minimum atomic E-state index is -0.634. The Morgan fingerprint density at radius 2 is 1.79 bits per heavy atom. The molecule has 8 nitrogen and oxygen atoms in total. The van der Waals surface area contributed by atoms with Crippen LogP contribution in [0.15, 0.2) is 48.5 Å². The summed E-state index contributed by atoms with van der Waals surface area (Å²) in [5.41, 5.74) is 9.83. The second-order valence-corrected chi connectivity index (χ2v) is 9.04. The quantitative estimate of drug-likeness (QED) is 0.539. The minimum Gasteiger partial charge on any atom is -0.497 e. The van der Waals surface area contributed by atoms with Crippen LogP contribution in [0.5, 0.6) is 5.75 Å². The predicted molar refractivity (Wildman–Crippen MR) is 130 cm³/mol. The number of carbonyl (C=O) groups excluding carboxylic acids is 2. The maximum atomic E-state index is 13.7. The third-order valence-corrected chi connectivity index (χ3v) is 7.07. The molecule has 3 N–H and O–H groups in total. The van der Waals surface area contributed by atoms with Crippen molar-refractivity contribution < 1.29 is 14.3 Å². The topological polar surface area (TPSA) is 102 Å². The van der Waals surface area contributed by atoms with Gasteiger partial charge in [0.1, 0.15) is 11.4 Å². The Labute approximate surface area is 198 Å². The van der Waals surface area contributed by atoms with Crippen LogP contribution in [-0.2, 0) is 11.8 Å². The highest BCUT2D eigenvalue weighted by atomic mass is 16.5. The molecular weight excluding hydrogens is 430 g/mol. The van der Waals surface area contributed by atoms with E-state index < -0.39 is 5.91 Å². The van der Waals surface area contributed by atoms with Crippen LogP contribution in [0.1, 0.15) is 51.4 Å². The summed E-state index contributed by atoms with van der Waals surface area (Å²) in [4.78, 5) is 27.5. The molecule has 176 valence electrons. The summed E-state index contributed by atoms with van der Waals surface area (Å²) in [6.45, 7) is 1.46. The Hall–Kier alpha value is -3.65. The van der Waals surface area contributed by atoms with Gasteiger partial charge in [-0.3, -0.25) is 9.59 Å². The molecule has 0 radical (unpaired) electrons. The zero-order valence-electron chi connectivity index (χ0n) is 19.5. The van der Waals surface area contributed by atoms with Crippen molar-refractivity contribution in [3.63, 3.8) is 0 Å². The number of nitrogens with two attached hydrogens (primary N) is 1. The van der Waals surface area contributed by atoms with E-state index in [2.05, 4.69) is 22.5 Å². The molecule has 34 heavy (non-hydrogen) atoms. The van der Waals surface area contributed by atoms with Gasteiger partial charge in [0.15, 0.2) is 5.69 Å². The van der Waals surface area contributed by atoms with E-state index in [9.17, 15) is 9.59 Å². The van der Waals surface area contributed by atoms with Gasteiger partial charge in [0, 0.05) is 17.8 Å². The van der Waals surface area contributed by atoms with Crippen molar-refractivity contribution in [2.24, 2.45) is 5.73 Å². The Balaban J connectivity index is 1.48. The molecule has 1 aliphatic carbocycles. The van der Waals surface area contributed by atoms with E-state index in [1.807, 2.05) is 19.2 Å². The number of hydrogen-bond donors (Lipinski definition) is 2. The average Bonchev–Trinajstić information content (AvgIpc) is 3.55. The lowest BCUT2D eigenvalue weighted by atomic mass is 9.92. The highest BCUT2D eigenvalue weighted by Gasteiger charge is 2.43. The van der Waals surface area contributed by atoms with Crippen molar-refractivity contribution in [3.05, 3.63) is 71.0 Å². The summed E-state index contributed by atoms with van der Waals surface area (Å²) < 4.78 is 6.76. The predicted octanol–water partition coefficient (Wildman–Crippen LogP) is 2.82. The number of primary amides is 1. The van der Waals surface area contributed by atoms with E-state index in [1.54, 1.807) is 36.3 Å². The normalized spacial score (nSPS) is 16.3. The van der Waals surface area contributed by atoms with Gasteiger partial charge in [0.25, 0.3) is 11.8 Å². The number of amides is 2. The van der Waals surface area contributed by atoms with E-state index in [0.717, 1.165) is 18.7 Å². The number of benzene rings is 2. The number of nitrogens with zero attached hydrogens (tertiary/aromatic N) is 3. The lowest BCUT2D eigenvalue weighted by Crippen LogP contribution is -2.39. The number of aromatic nitrogens is 2. The van der Waals surface area contributed by atoms with Crippen molar-refractivity contribution in [1.29, 1.82) is 0 Å². The first-order valence-corrected chi connectivity index (χ1v) is 11.6. The molecule has 0 saturated heterocycles. The molecule has 0 atom stereocenters. The molecule has 2 aromatic carbocycles. The number of anilines is 1. The molecule has 2 heterocycles. The molecule has 1 aliphatic heterocycles. The van der Waals surface area contributed by atoms with Gasteiger partial charge >= 0.3 is 0 Å². The first-order valence-electron chi connectivity index (χ1n) is 11.6. The van der Waals surface area contributed by atoms with Crippen LogP contribution >= 0.6 is 0 Å². The summed E-state index contributed by atoms with van der Waals surface area (Å²) in [7, 11) is 3.57. The third kappa shape index (κ3) is 3.74. The van der Waals surface area contributed by atoms with Crippen molar-refractivity contribution in [1.82, 2.24) is 15.1 Å². The smallest absolute Gasteiger partial charge is 0.277 e. The van der Waals surface area contributed by atoms with E-state index in [1.165, 1.54) is 23.1 Å². The number of carbonyl (C=O) groups is 2. The minimum absolute atomic E-state index is 0.148. The summed E-state index contributed by atoms with van der Waals surface area (Å²) in [6.07, 6.45) is 4.03. The number of hydrogen-bond acceptors (Lipinski definition) is 5. The fourth-order valence-corrected chi connectivity index (χ4v) is 4.91. The van der Waals surface area contributed by atoms with Gasteiger partial charge in [-0.05, 0) is 86.7 Å². The molecule has 0 spiro atoms. The first kappa shape index (κ1) is 22.2. The van der Waals surface area contributed by atoms with Crippen molar-refractivity contribution in [2.75, 3.05) is 32.1 Å². The molecule has 5 rings (SSSR count). The maximum absolute atomic E-state index is 13.7. The zero-order valence-corrected chi connectivity index (χ0v) is 19.5. The van der Waals surface area contributed by atoms with E-state index >= 15 is 0 Å². The van der Waals surface area contributed by atoms with Gasteiger partial charge < -0.3 is 20.7 Å². The standard InChI is InChI=1S/C26H29N5O3/c1-28-15-14-26(12-13-26)17-3-5-18(6-4-17)30-16-11-21-22(24(27)32)29-31(23(21)25(30)33)19-7-9-20(34-2)10-8-19/h3-10,28H,11-16H2,1-2H3,(H2,27,32). The van der Waals surface area contributed by atoms with Crippen molar-refractivity contribution in [3.8, 4) is 11.4 Å².